The maximum atomic E-state index is 12.4. The van der Waals surface area contributed by atoms with E-state index in [9.17, 15) is 8.42 Å². The second-order valence-electron chi connectivity index (χ2n) is 6.04. The van der Waals surface area contributed by atoms with Gasteiger partial charge in [-0.3, -0.25) is 0 Å². The van der Waals surface area contributed by atoms with Gasteiger partial charge in [0.1, 0.15) is 0 Å². The zero-order valence-electron chi connectivity index (χ0n) is 13.0. The predicted octanol–water partition coefficient (Wildman–Crippen LogP) is 3.52. The molecule has 2 aromatic carbocycles. The van der Waals surface area contributed by atoms with E-state index >= 15 is 0 Å². The molecule has 0 bridgehead atoms. The fraction of sp³-hybridized carbons (Fsp3) is 0.333. The van der Waals surface area contributed by atoms with E-state index in [1.165, 1.54) is 17.5 Å². The van der Waals surface area contributed by atoms with Gasteiger partial charge >= 0.3 is 0 Å². The van der Waals surface area contributed by atoms with Crippen molar-refractivity contribution in [3.05, 3.63) is 64.7 Å². The second kappa shape index (κ2) is 5.86. The van der Waals surface area contributed by atoms with Gasteiger partial charge in [-0.1, -0.05) is 35.9 Å². The number of rotatable bonds is 4. The van der Waals surface area contributed by atoms with Crippen molar-refractivity contribution in [1.82, 2.24) is 4.72 Å². The van der Waals surface area contributed by atoms with Crippen LogP contribution in [0.15, 0.2) is 47.4 Å². The van der Waals surface area contributed by atoms with E-state index in [2.05, 4.69) is 16.9 Å². The van der Waals surface area contributed by atoms with Crippen LogP contribution in [0.5, 0.6) is 0 Å². The Kier molecular flexibility index (Phi) is 4.06. The Labute approximate surface area is 132 Å². The Balaban J connectivity index is 1.81. The molecule has 4 heteroatoms. The quantitative estimate of drug-likeness (QED) is 0.938. The molecule has 0 heterocycles. The largest absolute Gasteiger partial charge is 0.241 e. The van der Waals surface area contributed by atoms with Crippen molar-refractivity contribution >= 4 is 10.0 Å². The highest BCUT2D eigenvalue weighted by Crippen LogP contribution is 2.26. The highest BCUT2D eigenvalue weighted by Gasteiger charge is 2.19. The zero-order chi connectivity index (χ0) is 15.7. The van der Waals surface area contributed by atoms with Gasteiger partial charge in [0.25, 0.3) is 0 Å². The number of hydrogen-bond acceptors (Lipinski definition) is 2. The van der Waals surface area contributed by atoms with E-state index in [4.69, 9.17) is 0 Å². The first-order chi connectivity index (χ1) is 10.5. The first-order valence-corrected chi connectivity index (χ1v) is 9.15. The minimum atomic E-state index is -3.49. The Hall–Kier alpha value is -1.65. The Bertz CT molecular complexity index is 779. The van der Waals surface area contributed by atoms with Gasteiger partial charge < -0.3 is 0 Å². The lowest BCUT2D eigenvalue weighted by atomic mass is 10.0. The fourth-order valence-electron chi connectivity index (χ4n) is 2.95. The van der Waals surface area contributed by atoms with Crippen molar-refractivity contribution in [2.45, 2.75) is 44.0 Å². The summed E-state index contributed by atoms with van der Waals surface area (Å²) in [7, 11) is -3.49. The summed E-state index contributed by atoms with van der Waals surface area (Å²) in [5.41, 5.74) is 4.83. The van der Waals surface area contributed by atoms with Gasteiger partial charge in [0, 0.05) is 6.04 Å². The van der Waals surface area contributed by atoms with Gasteiger partial charge in [-0.15, -0.1) is 0 Å². The molecule has 2 aromatic rings. The molecule has 0 aromatic heterocycles. The van der Waals surface area contributed by atoms with Crippen LogP contribution in [0.3, 0.4) is 0 Å². The number of benzene rings is 2. The van der Waals surface area contributed by atoms with E-state index in [0.29, 0.717) is 4.90 Å². The SMILES string of the molecule is Cc1ccc(S(=O)(=O)N[C@@H](C)c2ccc3c(c2)CCC3)cc1. The number of fused-ring (bicyclic) bond motifs is 1. The third-order valence-electron chi connectivity index (χ3n) is 4.29. The molecular weight excluding hydrogens is 294 g/mol. The molecule has 0 spiro atoms. The number of nitrogens with one attached hydrogen (secondary N) is 1. The third kappa shape index (κ3) is 3.08. The van der Waals surface area contributed by atoms with Gasteiger partial charge in [0.2, 0.25) is 10.0 Å². The van der Waals surface area contributed by atoms with Crippen LogP contribution in [0.25, 0.3) is 0 Å². The Morgan fingerprint density at radius 2 is 1.68 bits per heavy atom. The van der Waals surface area contributed by atoms with Gasteiger partial charge in [-0.05, 0) is 61.9 Å². The molecule has 116 valence electrons. The van der Waals surface area contributed by atoms with Crippen LogP contribution in [0.1, 0.15) is 41.6 Å². The summed E-state index contributed by atoms with van der Waals surface area (Å²) >= 11 is 0. The Morgan fingerprint density at radius 3 is 2.41 bits per heavy atom. The molecule has 3 nitrogen and oxygen atoms in total. The first-order valence-electron chi connectivity index (χ1n) is 7.66. The highest BCUT2D eigenvalue weighted by molar-refractivity contribution is 7.89. The van der Waals surface area contributed by atoms with Crippen LogP contribution in [0, 0.1) is 6.92 Å². The molecule has 1 atom stereocenters. The molecule has 1 aliphatic carbocycles. The maximum absolute atomic E-state index is 12.4. The second-order valence-corrected chi connectivity index (χ2v) is 7.75. The van der Waals surface area contributed by atoms with Gasteiger partial charge in [-0.2, -0.15) is 0 Å². The average Bonchev–Trinajstić information content (AvgIpc) is 2.94. The molecule has 1 N–H and O–H groups in total. The first kappa shape index (κ1) is 15.3. The summed E-state index contributed by atoms with van der Waals surface area (Å²) in [5.74, 6) is 0. The van der Waals surface area contributed by atoms with Gasteiger partial charge in [-0.25, -0.2) is 13.1 Å². The van der Waals surface area contributed by atoms with Crippen molar-refractivity contribution < 1.29 is 8.42 Å². The molecule has 1 aliphatic rings. The molecule has 0 amide bonds. The molecule has 3 rings (SSSR count). The van der Waals surface area contributed by atoms with E-state index in [1.807, 2.05) is 32.0 Å². The van der Waals surface area contributed by atoms with Crippen LogP contribution in [-0.4, -0.2) is 8.42 Å². The minimum absolute atomic E-state index is 0.239. The average molecular weight is 315 g/mol. The number of sulfonamides is 1. The summed E-state index contributed by atoms with van der Waals surface area (Å²) in [5, 5.41) is 0. The smallest absolute Gasteiger partial charge is 0.207 e. The molecule has 0 unspecified atom stereocenters. The molecule has 0 fully saturated rings. The van der Waals surface area contributed by atoms with Crippen molar-refractivity contribution in [3.63, 3.8) is 0 Å². The normalized spacial score (nSPS) is 15.5. The lowest BCUT2D eigenvalue weighted by Gasteiger charge is -2.16. The van der Waals surface area contributed by atoms with Crippen LogP contribution < -0.4 is 4.72 Å². The third-order valence-corrected chi connectivity index (χ3v) is 5.84. The van der Waals surface area contributed by atoms with Crippen molar-refractivity contribution in [1.29, 1.82) is 0 Å². The summed E-state index contributed by atoms with van der Waals surface area (Å²) in [6.07, 6.45) is 3.43. The number of aryl methyl sites for hydroxylation is 3. The summed E-state index contributed by atoms with van der Waals surface area (Å²) in [6.45, 7) is 3.83. The molecule has 0 aliphatic heterocycles. The predicted molar refractivity (Wildman–Crippen MR) is 88.4 cm³/mol. The highest BCUT2D eigenvalue weighted by atomic mass is 32.2. The standard InChI is InChI=1S/C18H21NO2S/c1-13-6-10-18(11-7-13)22(20,21)19-14(2)16-9-8-15-4-3-5-17(15)12-16/h6-12,14,19H,3-5H2,1-2H3/t14-/m0/s1. The summed E-state index contributed by atoms with van der Waals surface area (Å²) in [6, 6.07) is 13.0. The number of hydrogen-bond donors (Lipinski definition) is 1. The summed E-state index contributed by atoms with van der Waals surface area (Å²) < 4.78 is 27.7. The zero-order valence-corrected chi connectivity index (χ0v) is 13.8. The maximum Gasteiger partial charge on any atom is 0.241 e. The Morgan fingerprint density at radius 1 is 1.00 bits per heavy atom. The lowest BCUT2D eigenvalue weighted by molar-refractivity contribution is 0.567. The molecule has 22 heavy (non-hydrogen) atoms. The molecule has 0 radical (unpaired) electrons. The minimum Gasteiger partial charge on any atom is -0.207 e. The van der Waals surface area contributed by atoms with Crippen molar-refractivity contribution in [3.8, 4) is 0 Å². The fourth-order valence-corrected chi connectivity index (χ4v) is 4.18. The van der Waals surface area contributed by atoms with Crippen LogP contribution in [-0.2, 0) is 22.9 Å². The van der Waals surface area contributed by atoms with Crippen LogP contribution in [0.2, 0.25) is 0 Å². The van der Waals surface area contributed by atoms with E-state index in [0.717, 1.165) is 24.0 Å². The van der Waals surface area contributed by atoms with Crippen molar-refractivity contribution in [2.75, 3.05) is 0 Å². The van der Waals surface area contributed by atoms with Crippen LogP contribution in [0.4, 0.5) is 0 Å². The topological polar surface area (TPSA) is 46.2 Å². The molecule has 0 saturated carbocycles. The van der Waals surface area contributed by atoms with E-state index in [1.54, 1.807) is 12.1 Å². The summed E-state index contributed by atoms with van der Waals surface area (Å²) in [4.78, 5) is 0.311. The van der Waals surface area contributed by atoms with Crippen LogP contribution >= 0.6 is 0 Å². The van der Waals surface area contributed by atoms with Crippen molar-refractivity contribution in [2.24, 2.45) is 0 Å². The van der Waals surface area contributed by atoms with E-state index in [-0.39, 0.29) is 6.04 Å². The van der Waals surface area contributed by atoms with E-state index < -0.39 is 10.0 Å². The monoisotopic (exact) mass is 315 g/mol. The van der Waals surface area contributed by atoms with Gasteiger partial charge in [0.05, 0.1) is 4.90 Å². The van der Waals surface area contributed by atoms with Gasteiger partial charge in [0.15, 0.2) is 0 Å². The molecule has 0 saturated heterocycles. The molecular formula is C18H21NO2S. The lowest BCUT2D eigenvalue weighted by Crippen LogP contribution is -2.27.